The predicted octanol–water partition coefficient (Wildman–Crippen LogP) is 4.61. The van der Waals surface area contributed by atoms with Crippen LogP contribution in [-0.4, -0.2) is 18.3 Å². The highest BCUT2D eigenvalue weighted by atomic mass is 35.5. The lowest BCUT2D eigenvalue weighted by Gasteiger charge is -2.22. The minimum absolute atomic E-state index is 0.302. The summed E-state index contributed by atoms with van der Waals surface area (Å²) in [6.45, 7) is 0. The molecule has 0 heterocycles. The molecule has 0 aliphatic heterocycles. The first-order valence-corrected chi connectivity index (χ1v) is 8.07. The van der Waals surface area contributed by atoms with Crippen LogP contribution in [0.15, 0.2) is 18.2 Å². The Hall–Kier alpha value is -0.730. The molecule has 1 aromatic rings. The molecule has 0 saturated heterocycles. The van der Waals surface area contributed by atoms with Crippen LogP contribution >= 0.6 is 11.6 Å². The molecule has 3 heteroatoms. The fourth-order valence-electron chi connectivity index (χ4n) is 3.17. The van der Waals surface area contributed by atoms with Gasteiger partial charge in [-0.05, 0) is 42.5 Å². The van der Waals surface area contributed by atoms with E-state index in [-0.39, 0.29) is 6.10 Å². The van der Waals surface area contributed by atoms with E-state index in [0.29, 0.717) is 11.4 Å². The van der Waals surface area contributed by atoms with Crippen molar-refractivity contribution >= 4 is 11.6 Å². The van der Waals surface area contributed by atoms with Crippen LogP contribution < -0.4 is 4.74 Å². The molecular weight excluding hydrogens is 272 g/mol. The van der Waals surface area contributed by atoms with Crippen molar-refractivity contribution < 1.29 is 9.84 Å². The van der Waals surface area contributed by atoms with Crippen molar-refractivity contribution in [3.63, 3.8) is 0 Å². The van der Waals surface area contributed by atoms with E-state index in [9.17, 15) is 5.11 Å². The van der Waals surface area contributed by atoms with Gasteiger partial charge in [-0.3, -0.25) is 0 Å². The lowest BCUT2D eigenvalue weighted by atomic mass is 9.85. The molecule has 1 aliphatic carbocycles. The number of hydrogen-bond acceptors (Lipinski definition) is 2. The maximum absolute atomic E-state index is 10.2. The maximum Gasteiger partial charge on any atom is 0.122 e. The van der Waals surface area contributed by atoms with Gasteiger partial charge in [-0.1, -0.05) is 43.7 Å². The van der Waals surface area contributed by atoms with E-state index in [0.717, 1.165) is 30.1 Å². The normalized spacial score (nSPS) is 17.9. The number of ether oxygens (including phenoxy) is 1. The van der Waals surface area contributed by atoms with Crippen LogP contribution in [0.25, 0.3) is 0 Å². The van der Waals surface area contributed by atoms with Gasteiger partial charge in [-0.25, -0.2) is 0 Å². The van der Waals surface area contributed by atoms with Crippen LogP contribution in [0.2, 0.25) is 5.02 Å². The second-order valence-corrected chi connectivity index (χ2v) is 6.33. The van der Waals surface area contributed by atoms with Crippen molar-refractivity contribution in [2.75, 3.05) is 7.11 Å². The smallest absolute Gasteiger partial charge is 0.122 e. The van der Waals surface area contributed by atoms with Gasteiger partial charge < -0.3 is 9.84 Å². The van der Waals surface area contributed by atoms with Crippen molar-refractivity contribution in [1.82, 2.24) is 0 Å². The molecule has 0 aromatic heterocycles. The number of hydrogen-bond donors (Lipinski definition) is 1. The highest BCUT2D eigenvalue weighted by Crippen LogP contribution is 2.29. The Kier molecular flexibility index (Phi) is 6.18. The Morgan fingerprint density at radius 3 is 2.75 bits per heavy atom. The van der Waals surface area contributed by atoms with Crippen molar-refractivity contribution in [2.24, 2.45) is 5.92 Å². The number of halogens is 1. The third-order valence-corrected chi connectivity index (χ3v) is 4.57. The molecule has 112 valence electrons. The Morgan fingerprint density at radius 1 is 1.30 bits per heavy atom. The van der Waals surface area contributed by atoms with Crippen molar-refractivity contribution in [2.45, 2.75) is 57.5 Å². The minimum Gasteiger partial charge on any atom is -0.496 e. The van der Waals surface area contributed by atoms with Gasteiger partial charge in [-0.15, -0.1) is 0 Å². The summed E-state index contributed by atoms with van der Waals surface area (Å²) in [5, 5.41) is 10.9. The second-order valence-electron chi connectivity index (χ2n) is 5.90. The van der Waals surface area contributed by atoms with Crippen LogP contribution in [-0.2, 0) is 6.42 Å². The first kappa shape index (κ1) is 15.7. The molecular formula is C17H25ClO2. The van der Waals surface area contributed by atoms with Crippen molar-refractivity contribution in [3.05, 3.63) is 28.8 Å². The number of aliphatic hydroxyl groups is 1. The largest absolute Gasteiger partial charge is 0.496 e. The van der Waals surface area contributed by atoms with E-state index in [1.807, 2.05) is 18.2 Å². The monoisotopic (exact) mass is 296 g/mol. The molecule has 2 nitrogen and oxygen atoms in total. The molecule has 0 spiro atoms. The number of methoxy groups -OCH3 is 1. The highest BCUT2D eigenvalue weighted by Gasteiger charge is 2.16. The van der Waals surface area contributed by atoms with E-state index in [1.165, 1.54) is 32.1 Å². The summed E-state index contributed by atoms with van der Waals surface area (Å²) in [7, 11) is 1.65. The number of rotatable bonds is 6. The summed E-state index contributed by atoms with van der Waals surface area (Å²) in [6, 6.07) is 5.58. The molecule has 1 fully saturated rings. The van der Waals surface area contributed by atoms with E-state index in [2.05, 4.69) is 0 Å². The SMILES string of the molecule is COc1ccc(Cl)cc1CC(O)CCC1CCCCC1. The van der Waals surface area contributed by atoms with Gasteiger partial charge >= 0.3 is 0 Å². The van der Waals surface area contributed by atoms with E-state index in [1.54, 1.807) is 7.11 Å². The Bertz CT molecular complexity index is 413. The topological polar surface area (TPSA) is 29.5 Å². The van der Waals surface area contributed by atoms with Crippen LogP contribution in [0.1, 0.15) is 50.5 Å². The first-order chi connectivity index (χ1) is 9.69. The number of benzene rings is 1. The van der Waals surface area contributed by atoms with Crippen LogP contribution in [0.5, 0.6) is 5.75 Å². The van der Waals surface area contributed by atoms with Gasteiger partial charge in [0.1, 0.15) is 5.75 Å². The molecule has 0 radical (unpaired) electrons. The average molecular weight is 297 g/mol. The summed E-state index contributed by atoms with van der Waals surface area (Å²) in [5.41, 5.74) is 0.996. The van der Waals surface area contributed by atoms with Gasteiger partial charge in [0.25, 0.3) is 0 Å². The van der Waals surface area contributed by atoms with Gasteiger partial charge in [0.15, 0.2) is 0 Å². The van der Waals surface area contributed by atoms with Gasteiger partial charge in [0.05, 0.1) is 13.2 Å². The van der Waals surface area contributed by atoms with E-state index < -0.39 is 0 Å². The Balaban J connectivity index is 1.84. The van der Waals surface area contributed by atoms with Gasteiger partial charge in [-0.2, -0.15) is 0 Å². The molecule has 0 bridgehead atoms. The summed E-state index contributed by atoms with van der Waals surface area (Å²) in [4.78, 5) is 0. The fourth-order valence-corrected chi connectivity index (χ4v) is 3.36. The maximum atomic E-state index is 10.2. The molecule has 1 atom stereocenters. The molecule has 0 amide bonds. The zero-order valence-electron chi connectivity index (χ0n) is 12.3. The van der Waals surface area contributed by atoms with E-state index >= 15 is 0 Å². The van der Waals surface area contributed by atoms with Crippen molar-refractivity contribution in [3.8, 4) is 5.75 Å². The van der Waals surface area contributed by atoms with Crippen LogP contribution in [0, 0.1) is 5.92 Å². The summed E-state index contributed by atoms with van der Waals surface area (Å²) < 4.78 is 5.33. The Morgan fingerprint density at radius 2 is 2.05 bits per heavy atom. The summed E-state index contributed by atoms with van der Waals surface area (Å²) >= 11 is 6.02. The molecule has 1 saturated carbocycles. The summed E-state index contributed by atoms with van der Waals surface area (Å²) in [6.07, 6.45) is 9.13. The van der Waals surface area contributed by atoms with E-state index in [4.69, 9.17) is 16.3 Å². The molecule has 20 heavy (non-hydrogen) atoms. The quantitative estimate of drug-likeness (QED) is 0.830. The molecule has 1 aromatic carbocycles. The van der Waals surface area contributed by atoms with Crippen LogP contribution in [0.4, 0.5) is 0 Å². The lowest BCUT2D eigenvalue weighted by molar-refractivity contribution is 0.148. The third kappa shape index (κ3) is 4.68. The zero-order chi connectivity index (χ0) is 14.4. The zero-order valence-corrected chi connectivity index (χ0v) is 13.0. The van der Waals surface area contributed by atoms with Gasteiger partial charge in [0, 0.05) is 11.4 Å². The number of aliphatic hydroxyl groups excluding tert-OH is 1. The Labute approximate surface area is 127 Å². The molecule has 1 unspecified atom stereocenters. The van der Waals surface area contributed by atoms with Crippen molar-refractivity contribution in [1.29, 1.82) is 0 Å². The van der Waals surface area contributed by atoms with Crippen LogP contribution in [0.3, 0.4) is 0 Å². The fraction of sp³-hybridized carbons (Fsp3) is 0.647. The molecule has 2 rings (SSSR count). The molecule has 1 N–H and O–H groups in total. The standard InChI is InChI=1S/C17H25ClO2/c1-20-17-10-8-15(18)11-14(17)12-16(19)9-7-13-5-3-2-4-6-13/h8,10-11,13,16,19H,2-7,9,12H2,1H3. The predicted molar refractivity (Wildman–Crippen MR) is 83.5 cm³/mol. The average Bonchev–Trinajstić information content (AvgIpc) is 2.46. The molecule has 1 aliphatic rings. The lowest BCUT2D eigenvalue weighted by Crippen LogP contribution is -2.15. The highest BCUT2D eigenvalue weighted by molar-refractivity contribution is 6.30. The third-order valence-electron chi connectivity index (χ3n) is 4.33. The first-order valence-electron chi connectivity index (χ1n) is 7.69. The minimum atomic E-state index is -0.302. The second kappa shape index (κ2) is 7.90. The summed E-state index contributed by atoms with van der Waals surface area (Å²) in [5.74, 6) is 1.63. The van der Waals surface area contributed by atoms with Gasteiger partial charge in [0.2, 0.25) is 0 Å².